The molecule has 1 aromatic rings. The highest BCUT2D eigenvalue weighted by atomic mass is 35.5. The molecular formula is C26H32ClF3N4O3. The van der Waals surface area contributed by atoms with E-state index in [0.29, 0.717) is 38.3 Å². The Balaban J connectivity index is 1.95. The van der Waals surface area contributed by atoms with Gasteiger partial charge in [-0.2, -0.15) is 13.2 Å². The van der Waals surface area contributed by atoms with Gasteiger partial charge in [0.05, 0.1) is 22.9 Å². The van der Waals surface area contributed by atoms with E-state index in [0.717, 1.165) is 11.3 Å². The second-order valence-electron chi connectivity index (χ2n) is 10.4. The quantitative estimate of drug-likeness (QED) is 0.163. The smallest absolute Gasteiger partial charge is 0.431 e. The Morgan fingerprint density at radius 3 is 2.41 bits per heavy atom. The third-order valence-corrected chi connectivity index (χ3v) is 7.76. The van der Waals surface area contributed by atoms with Gasteiger partial charge in [-0.05, 0) is 50.0 Å². The molecule has 2 fully saturated rings. The molecule has 1 amide bonds. The zero-order chi connectivity index (χ0) is 27.5. The molecule has 0 radical (unpaired) electrons. The Labute approximate surface area is 219 Å². The number of aliphatic hydroxyl groups is 1. The van der Waals surface area contributed by atoms with Crippen LogP contribution in [-0.4, -0.2) is 57.7 Å². The third kappa shape index (κ3) is 6.52. The van der Waals surface area contributed by atoms with Crippen molar-refractivity contribution in [3.05, 3.63) is 52.7 Å². The van der Waals surface area contributed by atoms with E-state index in [2.05, 4.69) is 16.9 Å². The molecule has 0 saturated heterocycles. The summed E-state index contributed by atoms with van der Waals surface area (Å²) < 4.78 is 42.7. The summed E-state index contributed by atoms with van der Waals surface area (Å²) >= 11 is 6.09. The van der Waals surface area contributed by atoms with Crippen molar-refractivity contribution in [3.8, 4) is 0 Å². The molecule has 0 aliphatic heterocycles. The molecule has 37 heavy (non-hydrogen) atoms. The zero-order valence-corrected chi connectivity index (χ0v) is 21.6. The Kier molecular flexibility index (Phi) is 8.72. The number of amides is 1. The fourth-order valence-corrected chi connectivity index (χ4v) is 5.30. The number of halogens is 4. The molecule has 3 N–H and O–H groups in total. The van der Waals surface area contributed by atoms with E-state index in [1.54, 1.807) is 0 Å². The fourth-order valence-electron chi connectivity index (χ4n) is 5.08. The lowest BCUT2D eigenvalue weighted by Gasteiger charge is -2.50. The van der Waals surface area contributed by atoms with Gasteiger partial charge in [-0.15, -0.1) is 0 Å². The van der Waals surface area contributed by atoms with E-state index in [4.69, 9.17) is 17.0 Å². The minimum atomic E-state index is -4.93. The number of allylic oxidation sites excluding steroid dienone is 2. The van der Waals surface area contributed by atoms with Crippen LogP contribution in [0, 0.1) is 16.7 Å². The molecule has 0 spiro atoms. The number of carbonyl (C=O) groups excluding carboxylic acids is 2. The lowest BCUT2D eigenvalue weighted by Crippen LogP contribution is -2.57. The van der Waals surface area contributed by atoms with Crippen molar-refractivity contribution in [2.24, 2.45) is 11.3 Å². The number of pyridine rings is 1. The molecule has 202 valence electrons. The number of hydrogen-bond donors (Lipinski definition) is 3. The van der Waals surface area contributed by atoms with Gasteiger partial charge < -0.3 is 20.7 Å². The van der Waals surface area contributed by atoms with Crippen LogP contribution in [-0.2, 0) is 4.79 Å². The SMILES string of the molecule is C=C(O)[C@H]1CC[C@@H](N/C(=C(\C=N)C(=O)N(CC(=O)c2ccncc2Cl)C2CCC2(C)C)C(F)(F)F)CC1. The van der Waals surface area contributed by atoms with Crippen molar-refractivity contribution < 1.29 is 27.9 Å². The second-order valence-corrected chi connectivity index (χ2v) is 10.8. The maximum atomic E-state index is 14.2. The first kappa shape index (κ1) is 28.7. The molecule has 3 rings (SSSR count). The molecule has 0 aromatic carbocycles. The summed E-state index contributed by atoms with van der Waals surface area (Å²) in [5.41, 5.74) is -2.45. The molecule has 1 aromatic heterocycles. The minimum Gasteiger partial charge on any atom is -0.513 e. The van der Waals surface area contributed by atoms with Gasteiger partial charge in [0, 0.05) is 42.2 Å². The van der Waals surface area contributed by atoms with Crippen LogP contribution in [0.4, 0.5) is 13.2 Å². The number of ketones is 1. The molecule has 2 aliphatic rings. The normalized spacial score (nSPS) is 23.8. The molecule has 1 atom stereocenters. The van der Waals surface area contributed by atoms with E-state index in [-0.39, 0.29) is 22.3 Å². The summed E-state index contributed by atoms with van der Waals surface area (Å²) in [7, 11) is 0. The first-order valence-electron chi connectivity index (χ1n) is 12.2. The summed E-state index contributed by atoms with van der Waals surface area (Å²) in [6.45, 7) is 6.79. The Bertz CT molecular complexity index is 1090. The van der Waals surface area contributed by atoms with Crippen LogP contribution in [0.3, 0.4) is 0 Å². The average molecular weight is 541 g/mol. The van der Waals surface area contributed by atoms with Crippen LogP contribution in [0.5, 0.6) is 0 Å². The van der Waals surface area contributed by atoms with Gasteiger partial charge in [0.2, 0.25) is 0 Å². The van der Waals surface area contributed by atoms with Crippen molar-refractivity contribution in [1.29, 1.82) is 5.41 Å². The van der Waals surface area contributed by atoms with Crippen LogP contribution in [0.15, 0.2) is 42.1 Å². The highest BCUT2D eigenvalue weighted by Gasteiger charge is 2.47. The van der Waals surface area contributed by atoms with Crippen molar-refractivity contribution in [3.63, 3.8) is 0 Å². The lowest BCUT2D eigenvalue weighted by atomic mass is 9.66. The number of rotatable bonds is 9. The molecule has 2 saturated carbocycles. The van der Waals surface area contributed by atoms with Crippen LogP contribution in [0.25, 0.3) is 0 Å². The maximum absolute atomic E-state index is 14.2. The number of hydrogen-bond acceptors (Lipinski definition) is 6. The van der Waals surface area contributed by atoms with Crippen LogP contribution in [0.2, 0.25) is 5.02 Å². The van der Waals surface area contributed by atoms with Gasteiger partial charge in [-0.25, -0.2) is 0 Å². The summed E-state index contributed by atoms with van der Waals surface area (Å²) in [4.78, 5) is 31.7. The summed E-state index contributed by atoms with van der Waals surface area (Å²) in [6, 6.07) is 0.313. The number of alkyl halides is 3. The van der Waals surface area contributed by atoms with Gasteiger partial charge in [-0.1, -0.05) is 32.0 Å². The summed E-state index contributed by atoms with van der Waals surface area (Å²) in [6.07, 6.45) is 0.956. The lowest BCUT2D eigenvalue weighted by molar-refractivity contribution is -0.136. The molecule has 11 heteroatoms. The van der Waals surface area contributed by atoms with E-state index in [1.807, 2.05) is 13.8 Å². The molecule has 1 heterocycles. The topological polar surface area (TPSA) is 106 Å². The molecule has 2 aliphatic carbocycles. The molecule has 0 bridgehead atoms. The van der Waals surface area contributed by atoms with Gasteiger partial charge in [0.15, 0.2) is 5.78 Å². The second kappa shape index (κ2) is 11.2. The number of aromatic nitrogens is 1. The Hall–Kier alpha value is -2.88. The van der Waals surface area contributed by atoms with E-state index < -0.39 is 53.2 Å². The largest absolute Gasteiger partial charge is 0.513 e. The van der Waals surface area contributed by atoms with Crippen molar-refractivity contribution >= 4 is 29.5 Å². The van der Waals surface area contributed by atoms with Crippen molar-refractivity contribution in [2.75, 3.05) is 6.54 Å². The van der Waals surface area contributed by atoms with Crippen LogP contribution < -0.4 is 5.32 Å². The van der Waals surface area contributed by atoms with E-state index in [1.165, 1.54) is 18.5 Å². The van der Waals surface area contributed by atoms with Crippen LogP contribution >= 0.6 is 11.6 Å². The van der Waals surface area contributed by atoms with Crippen LogP contribution in [0.1, 0.15) is 62.7 Å². The van der Waals surface area contributed by atoms with Gasteiger partial charge >= 0.3 is 6.18 Å². The number of aliphatic hydroxyl groups excluding tert-OH is 1. The van der Waals surface area contributed by atoms with Crippen molar-refractivity contribution in [2.45, 2.75) is 70.6 Å². The van der Waals surface area contributed by atoms with Gasteiger partial charge in [0.25, 0.3) is 5.91 Å². The standard InChI is InChI=1S/C26H32ClF3N4O3/c1-15(35)16-4-6-17(7-5-16)33-23(26(28,29)30)19(12-31)24(37)34(22-8-10-25(22,2)3)14-21(36)18-9-11-32-13-20(18)27/h9,11-13,16-17,22,31,33,35H,1,4-8,10,14H2,2-3H3/b23-19+,31-12?/t16-,17+,22?. The van der Waals surface area contributed by atoms with E-state index in [9.17, 15) is 27.9 Å². The minimum absolute atomic E-state index is 0.0121. The number of Topliss-reactive ketones (excluding diaryl/α,β-unsaturated/α-hetero) is 1. The van der Waals surface area contributed by atoms with Gasteiger partial charge in [-0.3, -0.25) is 14.6 Å². The highest BCUT2D eigenvalue weighted by molar-refractivity contribution is 6.34. The first-order chi connectivity index (χ1) is 17.3. The predicted molar refractivity (Wildman–Crippen MR) is 135 cm³/mol. The zero-order valence-electron chi connectivity index (χ0n) is 20.9. The Morgan fingerprint density at radius 1 is 1.30 bits per heavy atom. The highest BCUT2D eigenvalue weighted by Crippen LogP contribution is 2.44. The number of nitrogens with one attached hydrogen (secondary N) is 2. The number of carbonyl (C=O) groups is 2. The Morgan fingerprint density at radius 2 is 1.95 bits per heavy atom. The average Bonchev–Trinajstić information content (AvgIpc) is 2.82. The molecular weight excluding hydrogens is 509 g/mol. The fraction of sp³-hybridized carbons (Fsp3) is 0.538. The molecule has 1 unspecified atom stereocenters. The maximum Gasteiger partial charge on any atom is 0.431 e. The summed E-state index contributed by atoms with van der Waals surface area (Å²) in [5, 5.41) is 19.9. The number of nitrogens with zero attached hydrogens (tertiary/aromatic N) is 2. The summed E-state index contributed by atoms with van der Waals surface area (Å²) in [5.74, 6) is -1.74. The monoisotopic (exact) mass is 540 g/mol. The third-order valence-electron chi connectivity index (χ3n) is 7.46. The molecule has 7 nitrogen and oxygen atoms in total. The van der Waals surface area contributed by atoms with Gasteiger partial charge in [0.1, 0.15) is 5.70 Å². The van der Waals surface area contributed by atoms with E-state index >= 15 is 0 Å². The van der Waals surface area contributed by atoms with Crippen molar-refractivity contribution in [1.82, 2.24) is 15.2 Å². The first-order valence-corrected chi connectivity index (χ1v) is 12.5. The predicted octanol–water partition coefficient (Wildman–Crippen LogP) is 5.62.